The van der Waals surface area contributed by atoms with Crippen molar-refractivity contribution in [3.05, 3.63) is 71.4 Å². The molecule has 0 fully saturated rings. The minimum absolute atomic E-state index is 0.625. The summed E-state index contributed by atoms with van der Waals surface area (Å²) in [7, 11) is 0. The van der Waals surface area contributed by atoms with Crippen LogP contribution in [-0.4, -0.2) is 27.5 Å². The van der Waals surface area contributed by atoms with E-state index in [0.29, 0.717) is 6.54 Å². The molecule has 0 spiro atoms. The van der Waals surface area contributed by atoms with Crippen molar-refractivity contribution in [2.45, 2.75) is 19.0 Å². The topological polar surface area (TPSA) is 56.3 Å². The summed E-state index contributed by atoms with van der Waals surface area (Å²) in [6.07, 6.45) is 2.73. The lowest BCUT2D eigenvalue weighted by molar-refractivity contribution is -0.144. The summed E-state index contributed by atoms with van der Waals surface area (Å²) in [4.78, 5) is 17.2. The summed E-state index contributed by atoms with van der Waals surface area (Å²) < 4.78 is 0. The van der Waals surface area contributed by atoms with Crippen molar-refractivity contribution in [2.24, 2.45) is 0 Å². The van der Waals surface area contributed by atoms with Crippen LogP contribution in [0.3, 0.4) is 0 Å². The number of carboxylic acids is 1. The van der Waals surface area contributed by atoms with Crippen molar-refractivity contribution in [2.75, 3.05) is 6.54 Å². The molecular formula is C19H18N2O2. The van der Waals surface area contributed by atoms with E-state index in [2.05, 4.69) is 22.0 Å². The van der Waals surface area contributed by atoms with Gasteiger partial charge in [-0.1, -0.05) is 42.5 Å². The average Bonchev–Trinajstić information content (AvgIpc) is 2.99. The number of fused-ring (bicyclic) bond motifs is 2. The standard InChI is InChI=1S/C19H18N2O2/c22-19(23)18(16-11-20-17-8-4-3-7-15(16)17)21-10-9-13-5-1-2-6-14(13)12-21/h1-8,11,18,20H,9-10,12H2,(H,22,23)/t18-/m1/s1. The maximum atomic E-state index is 12.0. The van der Waals surface area contributed by atoms with Crippen LogP contribution in [-0.2, 0) is 17.8 Å². The summed E-state index contributed by atoms with van der Waals surface area (Å²) >= 11 is 0. The number of para-hydroxylation sites is 1. The van der Waals surface area contributed by atoms with Crippen LogP contribution in [0.1, 0.15) is 22.7 Å². The molecule has 4 rings (SSSR count). The molecule has 2 N–H and O–H groups in total. The number of rotatable bonds is 3. The molecule has 1 atom stereocenters. The van der Waals surface area contributed by atoms with E-state index in [1.165, 1.54) is 11.1 Å². The summed E-state index contributed by atoms with van der Waals surface area (Å²) in [5, 5.41) is 10.8. The Morgan fingerprint density at radius 1 is 1.09 bits per heavy atom. The zero-order valence-electron chi connectivity index (χ0n) is 12.7. The van der Waals surface area contributed by atoms with E-state index in [9.17, 15) is 9.90 Å². The van der Waals surface area contributed by atoms with Crippen LogP contribution in [0.15, 0.2) is 54.7 Å². The second kappa shape index (κ2) is 5.56. The van der Waals surface area contributed by atoms with Gasteiger partial charge < -0.3 is 10.1 Å². The Morgan fingerprint density at radius 2 is 1.83 bits per heavy atom. The number of nitrogens with zero attached hydrogens (tertiary/aromatic N) is 1. The molecule has 4 nitrogen and oxygen atoms in total. The molecule has 116 valence electrons. The Labute approximate surface area is 134 Å². The lowest BCUT2D eigenvalue weighted by atomic mass is 9.96. The maximum absolute atomic E-state index is 12.0. The fourth-order valence-corrected chi connectivity index (χ4v) is 3.54. The molecule has 3 aromatic rings. The Balaban J connectivity index is 1.74. The third kappa shape index (κ3) is 2.41. The molecule has 2 heterocycles. The van der Waals surface area contributed by atoms with Crippen LogP contribution in [0.2, 0.25) is 0 Å². The molecule has 0 radical (unpaired) electrons. The van der Waals surface area contributed by atoms with Gasteiger partial charge in [0.25, 0.3) is 0 Å². The number of aromatic amines is 1. The van der Waals surface area contributed by atoms with Crippen molar-refractivity contribution in [1.82, 2.24) is 9.88 Å². The van der Waals surface area contributed by atoms with E-state index in [-0.39, 0.29) is 0 Å². The first kappa shape index (κ1) is 14.0. The van der Waals surface area contributed by atoms with Gasteiger partial charge in [0.15, 0.2) is 0 Å². The normalized spacial score (nSPS) is 16.2. The molecule has 1 aromatic heterocycles. The molecule has 0 aliphatic carbocycles. The predicted octanol–water partition coefficient (Wildman–Crippen LogP) is 3.35. The van der Waals surface area contributed by atoms with Gasteiger partial charge in [-0.2, -0.15) is 0 Å². The van der Waals surface area contributed by atoms with Crippen molar-refractivity contribution in [1.29, 1.82) is 0 Å². The van der Waals surface area contributed by atoms with Gasteiger partial charge >= 0.3 is 5.97 Å². The molecule has 4 heteroatoms. The number of carbonyl (C=O) groups is 1. The molecule has 0 bridgehead atoms. The second-order valence-electron chi connectivity index (χ2n) is 6.02. The minimum atomic E-state index is -0.797. The number of hydrogen-bond acceptors (Lipinski definition) is 2. The monoisotopic (exact) mass is 306 g/mol. The van der Waals surface area contributed by atoms with Crippen LogP contribution in [0.25, 0.3) is 10.9 Å². The average molecular weight is 306 g/mol. The zero-order valence-corrected chi connectivity index (χ0v) is 12.7. The highest BCUT2D eigenvalue weighted by molar-refractivity contribution is 5.89. The minimum Gasteiger partial charge on any atom is -0.480 e. The first-order chi connectivity index (χ1) is 11.2. The quantitative estimate of drug-likeness (QED) is 0.780. The highest BCUT2D eigenvalue weighted by Gasteiger charge is 2.31. The molecule has 2 aromatic carbocycles. The van der Waals surface area contributed by atoms with Crippen molar-refractivity contribution >= 4 is 16.9 Å². The van der Waals surface area contributed by atoms with E-state index in [1.807, 2.05) is 42.6 Å². The fraction of sp³-hybridized carbons (Fsp3) is 0.211. The molecule has 1 aliphatic rings. The van der Waals surface area contributed by atoms with Crippen LogP contribution >= 0.6 is 0 Å². The molecule has 23 heavy (non-hydrogen) atoms. The molecule has 0 saturated heterocycles. The van der Waals surface area contributed by atoms with Crippen LogP contribution < -0.4 is 0 Å². The van der Waals surface area contributed by atoms with Gasteiger partial charge in [-0.05, 0) is 23.6 Å². The predicted molar refractivity (Wildman–Crippen MR) is 89.2 cm³/mol. The van der Waals surface area contributed by atoms with E-state index >= 15 is 0 Å². The first-order valence-electron chi connectivity index (χ1n) is 7.83. The molecule has 0 saturated carbocycles. The number of aromatic nitrogens is 1. The molecule has 0 amide bonds. The Bertz CT molecular complexity index is 868. The van der Waals surface area contributed by atoms with Crippen LogP contribution in [0.5, 0.6) is 0 Å². The first-order valence-corrected chi connectivity index (χ1v) is 7.83. The van der Waals surface area contributed by atoms with E-state index in [0.717, 1.165) is 29.4 Å². The lowest BCUT2D eigenvalue weighted by Gasteiger charge is -2.33. The Hall–Kier alpha value is -2.59. The largest absolute Gasteiger partial charge is 0.480 e. The van der Waals surface area contributed by atoms with Crippen molar-refractivity contribution < 1.29 is 9.90 Å². The lowest BCUT2D eigenvalue weighted by Crippen LogP contribution is -2.38. The number of H-pyrrole nitrogens is 1. The van der Waals surface area contributed by atoms with Gasteiger partial charge in [0, 0.05) is 35.8 Å². The van der Waals surface area contributed by atoms with Gasteiger partial charge in [-0.25, -0.2) is 0 Å². The van der Waals surface area contributed by atoms with Gasteiger partial charge in [0.1, 0.15) is 6.04 Å². The van der Waals surface area contributed by atoms with Crippen LogP contribution in [0, 0.1) is 0 Å². The third-order valence-corrected chi connectivity index (χ3v) is 4.68. The summed E-state index contributed by atoms with van der Waals surface area (Å²) in [6.45, 7) is 1.43. The highest BCUT2D eigenvalue weighted by atomic mass is 16.4. The number of benzene rings is 2. The molecule has 0 unspecified atom stereocenters. The summed E-state index contributed by atoms with van der Waals surface area (Å²) in [5.74, 6) is -0.797. The smallest absolute Gasteiger partial charge is 0.325 e. The van der Waals surface area contributed by atoms with Gasteiger partial charge in [0.05, 0.1) is 0 Å². The number of hydrogen-bond donors (Lipinski definition) is 2. The molecular weight excluding hydrogens is 288 g/mol. The SMILES string of the molecule is O=C(O)[C@@H](c1c[nH]c2ccccc12)N1CCc2ccccc2C1. The Morgan fingerprint density at radius 3 is 2.65 bits per heavy atom. The second-order valence-corrected chi connectivity index (χ2v) is 6.02. The van der Waals surface area contributed by atoms with E-state index in [4.69, 9.17) is 0 Å². The number of nitrogens with one attached hydrogen (secondary N) is 1. The number of aliphatic carboxylic acids is 1. The van der Waals surface area contributed by atoms with E-state index in [1.54, 1.807) is 0 Å². The van der Waals surface area contributed by atoms with Crippen LogP contribution in [0.4, 0.5) is 0 Å². The van der Waals surface area contributed by atoms with Gasteiger partial charge in [-0.3, -0.25) is 9.69 Å². The van der Waals surface area contributed by atoms with E-state index < -0.39 is 12.0 Å². The van der Waals surface area contributed by atoms with Crippen molar-refractivity contribution in [3.8, 4) is 0 Å². The fourth-order valence-electron chi connectivity index (χ4n) is 3.54. The maximum Gasteiger partial charge on any atom is 0.325 e. The molecule has 1 aliphatic heterocycles. The Kier molecular flexibility index (Phi) is 3.39. The zero-order chi connectivity index (χ0) is 15.8. The third-order valence-electron chi connectivity index (χ3n) is 4.68. The summed E-state index contributed by atoms with van der Waals surface area (Å²) in [5.41, 5.74) is 4.37. The summed E-state index contributed by atoms with van der Waals surface area (Å²) in [6, 6.07) is 15.5. The van der Waals surface area contributed by atoms with Crippen molar-refractivity contribution in [3.63, 3.8) is 0 Å². The number of carboxylic acid groups (broad SMARTS) is 1. The van der Waals surface area contributed by atoms with Gasteiger partial charge in [-0.15, -0.1) is 0 Å². The van der Waals surface area contributed by atoms with Gasteiger partial charge in [0.2, 0.25) is 0 Å². The highest BCUT2D eigenvalue weighted by Crippen LogP contribution is 2.32.